The SMILES string of the molecule is O=C(OO[N+](=O)[O-])OO[N+](=O)[O-]. The maximum atomic E-state index is 9.95. The summed E-state index contributed by atoms with van der Waals surface area (Å²) >= 11 is 0. The van der Waals surface area contributed by atoms with Crippen LogP contribution in [0, 0.1) is 20.2 Å². The number of hydrogen-bond donors (Lipinski definition) is 0. The van der Waals surface area contributed by atoms with Gasteiger partial charge in [0, 0.05) is 0 Å². The molecule has 11 heteroatoms. The van der Waals surface area contributed by atoms with Crippen LogP contribution in [0.15, 0.2) is 0 Å². The van der Waals surface area contributed by atoms with Crippen molar-refractivity contribution in [2.24, 2.45) is 0 Å². The summed E-state index contributed by atoms with van der Waals surface area (Å²) in [5.41, 5.74) is 0. The summed E-state index contributed by atoms with van der Waals surface area (Å²) in [7, 11) is 0. The van der Waals surface area contributed by atoms with Crippen LogP contribution in [0.5, 0.6) is 0 Å². The third kappa shape index (κ3) is 5.80. The molecule has 0 aromatic carbocycles. The normalized spacial score (nSPS) is 8.00. The van der Waals surface area contributed by atoms with E-state index in [1.165, 1.54) is 0 Å². The van der Waals surface area contributed by atoms with Crippen LogP contribution in [0.2, 0.25) is 0 Å². The first-order valence-corrected chi connectivity index (χ1v) is 2.04. The van der Waals surface area contributed by atoms with Crippen molar-refractivity contribution in [1.82, 2.24) is 0 Å². The van der Waals surface area contributed by atoms with Crippen molar-refractivity contribution in [3.63, 3.8) is 0 Å². The third-order valence-electron chi connectivity index (χ3n) is 0.332. The largest absolute Gasteiger partial charge is 0.573 e. The van der Waals surface area contributed by atoms with Gasteiger partial charge >= 0.3 is 16.3 Å². The zero-order chi connectivity index (χ0) is 9.56. The molecular formula is CN2O9. The summed E-state index contributed by atoms with van der Waals surface area (Å²) in [4.78, 5) is 40.9. The van der Waals surface area contributed by atoms with Gasteiger partial charge in [-0.05, 0) is 0 Å². The zero-order valence-electron chi connectivity index (χ0n) is 5.07. The molecule has 0 aromatic rings. The van der Waals surface area contributed by atoms with Gasteiger partial charge in [-0.3, -0.25) is 0 Å². The minimum absolute atomic E-state index is 1.48. The maximum Gasteiger partial charge on any atom is 0.573 e. The Morgan fingerprint density at radius 2 is 1.33 bits per heavy atom. The number of carbonyl (C=O) groups is 1. The number of rotatable bonds is 4. The molecule has 0 saturated heterocycles. The van der Waals surface area contributed by atoms with Crippen LogP contribution in [-0.2, 0) is 19.8 Å². The third-order valence-corrected chi connectivity index (χ3v) is 0.332. The molecule has 0 aliphatic rings. The van der Waals surface area contributed by atoms with Gasteiger partial charge in [-0.2, -0.15) is 4.79 Å². The maximum absolute atomic E-state index is 9.95. The van der Waals surface area contributed by atoms with Crippen LogP contribution in [0.25, 0.3) is 0 Å². The second-order valence-corrected chi connectivity index (χ2v) is 1.01. The predicted octanol–water partition coefficient (Wildman–Crippen LogP) is -0.614. The Kier molecular flexibility index (Phi) is 3.61. The van der Waals surface area contributed by atoms with E-state index < -0.39 is 16.3 Å². The summed E-state index contributed by atoms with van der Waals surface area (Å²) in [6.45, 7) is 0. The number of hydrogen-bond acceptors (Lipinski definition) is 9. The summed E-state index contributed by atoms with van der Waals surface area (Å²) in [6.07, 6.45) is -1.89. The van der Waals surface area contributed by atoms with Crippen LogP contribution in [0.3, 0.4) is 0 Å². The summed E-state index contributed by atoms with van der Waals surface area (Å²) < 4.78 is 0. The Morgan fingerprint density at radius 1 is 1.00 bits per heavy atom. The molecule has 0 unspecified atom stereocenters. The van der Waals surface area contributed by atoms with Crippen molar-refractivity contribution in [2.75, 3.05) is 0 Å². The molecule has 0 rings (SSSR count). The lowest BCUT2D eigenvalue weighted by atomic mass is 11.4. The molecule has 11 nitrogen and oxygen atoms in total. The Bertz CT molecular complexity index is 177. The predicted molar refractivity (Wildman–Crippen MR) is 23.7 cm³/mol. The minimum Gasteiger partial charge on any atom is -0.219 e. The van der Waals surface area contributed by atoms with E-state index in [0.717, 1.165) is 0 Å². The summed E-state index contributed by atoms with van der Waals surface area (Å²) in [6, 6.07) is 0. The molecule has 0 aromatic heterocycles. The molecule has 68 valence electrons. The number of nitrogens with zero attached hydrogens (tertiary/aromatic N) is 2. The highest BCUT2D eigenvalue weighted by molar-refractivity contribution is 5.57. The molecule has 0 heterocycles. The highest BCUT2D eigenvalue weighted by atomic mass is 17.4. The quantitative estimate of drug-likeness (QED) is 0.317. The van der Waals surface area contributed by atoms with Crippen molar-refractivity contribution in [3.8, 4) is 0 Å². The molecule has 0 N–H and O–H groups in total. The van der Waals surface area contributed by atoms with E-state index in [-0.39, 0.29) is 0 Å². The summed E-state index contributed by atoms with van der Waals surface area (Å²) in [5.74, 6) is 0. The smallest absolute Gasteiger partial charge is 0.219 e. The highest BCUT2D eigenvalue weighted by Crippen LogP contribution is 1.88. The lowest BCUT2D eigenvalue weighted by Crippen LogP contribution is -2.13. The van der Waals surface area contributed by atoms with Crippen molar-refractivity contribution < 1.29 is 34.7 Å². The fourth-order valence-corrected chi connectivity index (χ4v) is 0.136. The van der Waals surface area contributed by atoms with Gasteiger partial charge < -0.3 is 0 Å². The standard InChI is InChI=1S/CN2O9/c4-1(9-11-2(5)6)10-12-3(7)8. The molecule has 0 fully saturated rings. The van der Waals surface area contributed by atoms with E-state index in [0.29, 0.717) is 0 Å². The first kappa shape index (κ1) is 9.67. The van der Waals surface area contributed by atoms with Gasteiger partial charge in [-0.1, -0.05) is 9.98 Å². The Labute approximate surface area is 62.4 Å². The van der Waals surface area contributed by atoms with Gasteiger partial charge in [0.2, 0.25) is 0 Å². The van der Waals surface area contributed by atoms with Gasteiger partial charge in [0.25, 0.3) is 0 Å². The lowest BCUT2D eigenvalue weighted by molar-refractivity contribution is -0.858. The van der Waals surface area contributed by atoms with Crippen molar-refractivity contribution in [3.05, 3.63) is 20.2 Å². The van der Waals surface area contributed by atoms with Gasteiger partial charge in [-0.25, -0.2) is 9.78 Å². The minimum atomic E-state index is -1.89. The Balaban J connectivity index is 3.47. The van der Waals surface area contributed by atoms with Gasteiger partial charge in [0.1, 0.15) is 0 Å². The van der Waals surface area contributed by atoms with Crippen LogP contribution >= 0.6 is 0 Å². The molecule has 0 saturated carbocycles. The molecule has 0 aliphatic heterocycles. The zero-order valence-corrected chi connectivity index (χ0v) is 5.07. The van der Waals surface area contributed by atoms with E-state index in [4.69, 9.17) is 0 Å². The highest BCUT2D eigenvalue weighted by Gasteiger charge is 2.11. The van der Waals surface area contributed by atoms with E-state index in [1.807, 2.05) is 0 Å². The van der Waals surface area contributed by atoms with Gasteiger partial charge in [-0.15, -0.1) is 20.2 Å². The van der Waals surface area contributed by atoms with Gasteiger partial charge in [0.05, 0.1) is 0 Å². The molecule has 0 amide bonds. The topological polar surface area (TPSA) is 140 Å². The van der Waals surface area contributed by atoms with Crippen LogP contribution in [-0.4, -0.2) is 16.3 Å². The van der Waals surface area contributed by atoms with Crippen molar-refractivity contribution in [2.45, 2.75) is 0 Å². The van der Waals surface area contributed by atoms with Crippen molar-refractivity contribution in [1.29, 1.82) is 0 Å². The average Bonchev–Trinajstić information content (AvgIpc) is 1.96. The van der Waals surface area contributed by atoms with Crippen LogP contribution < -0.4 is 0 Å². The van der Waals surface area contributed by atoms with E-state index in [9.17, 15) is 25.0 Å². The monoisotopic (exact) mass is 184 g/mol. The molecule has 0 aliphatic carbocycles. The molecule has 0 radical (unpaired) electrons. The Morgan fingerprint density at radius 3 is 1.58 bits per heavy atom. The molecular weight excluding hydrogens is 184 g/mol. The van der Waals surface area contributed by atoms with E-state index in [1.54, 1.807) is 0 Å². The summed E-state index contributed by atoms with van der Waals surface area (Å²) in [5, 5.41) is 15.7. The van der Waals surface area contributed by atoms with E-state index in [2.05, 4.69) is 19.8 Å². The molecule has 0 spiro atoms. The Hall–Kier alpha value is -2.33. The average molecular weight is 184 g/mol. The molecule has 0 bridgehead atoms. The van der Waals surface area contributed by atoms with Gasteiger partial charge in [0.15, 0.2) is 0 Å². The van der Waals surface area contributed by atoms with Crippen molar-refractivity contribution >= 4 is 6.16 Å². The second kappa shape index (κ2) is 4.48. The van der Waals surface area contributed by atoms with Crippen LogP contribution in [0.1, 0.15) is 0 Å². The van der Waals surface area contributed by atoms with E-state index >= 15 is 0 Å². The fraction of sp³-hybridized carbons (Fsp3) is 0. The second-order valence-electron chi connectivity index (χ2n) is 1.01. The lowest BCUT2D eigenvalue weighted by Gasteiger charge is -1.95. The molecule has 12 heavy (non-hydrogen) atoms. The first-order valence-electron chi connectivity index (χ1n) is 2.04. The first-order chi connectivity index (χ1) is 5.52. The number of carbonyl (C=O) groups excluding carboxylic acids is 1. The molecule has 0 atom stereocenters. The van der Waals surface area contributed by atoms with Crippen LogP contribution in [0.4, 0.5) is 4.79 Å². The fourth-order valence-electron chi connectivity index (χ4n) is 0.136.